The molecule has 0 bridgehead atoms. The molecule has 4 rings (SSSR count). The van der Waals surface area contributed by atoms with Crippen LogP contribution in [-0.2, 0) is 0 Å². The number of terminal acetylenes is 1. The summed E-state index contributed by atoms with van der Waals surface area (Å²) in [5, 5.41) is 2.81. The fraction of sp³-hybridized carbons (Fsp3) is 0.370. The Labute approximate surface area is 208 Å². The van der Waals surface area contributed by atoms with Gasteiger partial charge in [-0.05, 0) is 73.3 Å². The molecule has 0 spiro atoms. The molecule has 2 aromatic carbocycles. The summed E-state index contributed by atoms with van der Waals surface area (Å²) in [6.45, 7) is 6.77. The third kappa shape index (κ3) is 5.22. The molecule has 0 amide bonds. The number of hydrogen-bond acceptors (Lipinski definition) is 4. The van der Waals surface area contributed by atoms with Crippen LogP contribution in [0.5, 0.6) is 5.75 Å². The minimum atomic E-state index is 0.194. The topological polar surface area (TPSA) is 25.4 Å². The molecule has 33 heavy (non-hydrogen) atoms. The van der Waals surface area contributed by atoms with Crippen molar-refractivity contribution in [3.8, 4) is 29.4 Å². The molecule has 2 atom stereocenters. The molecule has 0 N–H and O–H groups in total. The summed E-state index contributed by atoms with van der Waals surface area (Å²) in [5.41, 5.74) is 5.44. The fourth-order valence-electron chi connectivity index (χ4n) is 4.21. The van der Waals surface area contributed by atoms with Gasteiger partial charge >= 0.3 is 0 Å². The van der Waals surface area contributed by atoms with Crippen LogP contribution >= 0.6 is 32.2 Å². The van der Waals surface area contributed by atoms with E-state index in [1.165, 1.54) is 29.3 Å². The standard InChI is InChI=1S/C27H30ClN2OPS/c1-6-11-30(23(13-19-8-9-19)20-10-7-16(2)25(32)14-20)27-29-26(18(4)33-27)21-12-17(3)24(31-5)15-22(21)28/h1,7,10,12,14-15,19,23H,8-9,11,13,32H2,2-5H3/t23-/m0/s1. The third-order valence-electron chi connectivity index (χ3n) is 6.35. The second kappa shape index (κ2) is 10.1. The lowest BCUT2D eigenvalue weighted by Gasteiger charge is -2.31. The molecular weight excluding hydrogens is 467 g/mol. The summed E-state index contributed by atoms with van der Waals surface area (Å²) in [4.78, 5) is 8.52. The van der Waals surface area contributed by atoms with E-state index in [9.17, 15) is 0 Å². The number of methoxy groups -OCH3 is 1. The lowest BCUT2D eigenvalue weighted by molar-refractivity contribution is 0.412. The van der Waals surface area contributed by atoms with E-state index in [4.69, 9.17) is 27.7 Å². The summed E-state index contributed by atoms with van der Waals surface area (Å²) in [7, 11) is 4.52. The van der Waals surface area contributed by atoms with Gasteiger partial charge in [-0.1, -0.05) is 42.5 Å². The second-order valence-corrected chi connectivity index (χ2v) is 11.1. The van der Waals surface area contributed by atoms with Gasteiger partial charge in [-0.2, -0.15) is 0 Å². The van der Waals surface area contributed by atoms with Crippen LogP contribution < -0.4 is 14.9 Å². The number of anilines is 1. The van der Waals surface area contributed by atoms with Gasteiger partial charge in [-0.15, -0.1) is 27.0 Å². The van der Waals surface area contributed by atoms with Crippen LogP contribution in [0.3, 0.4) is 0 Å². The Morgan fingerprint density at radius 3 is 2.64 bits per heavy atom. The van der Waals surface area contributed by atoms with Gasteiger partial charge < -0.3 is 9.64 Å². The van der Waals surface area contributed by atoms with Crippen LogP contribution in [0.4, 0.5) is 5.13 Å². The normalized spacial score (nSPS) is 14.1. The molecule has 6 heteroatoms. The van der Waals surface area contributed by atoms with Gasteiger partial charge in [0.05, 0.1) is 30.4 Å². The van der Waals surface area contributed by atoms with Gasteiger partial charge in [-0.3, -0.25) is 0 Å². The number of aromatic nitrogens is 1. The molecule has 1 aliphatic carbocycles. The first-order valence-electron chi connectivity index (χ1n) is 11.2. The average molecular weight is 497 g/mol. The molecule has 172 valence electrons. The highest BCUT2D eigenvalue weighted by molar-refractivity contribution is 7.27. The molecule has 1 heterocycles. The van der Waals surface area contributed by atoms with Gasteiger partial charge in [0.2, 0.25) is 0 Å². The number of ether oxygens (including phenoxy) is 1. The quantitative estimate of drug-likeness (QED) is 0.251. The molecule has 0 saturated heterocycles. The molecule has 0 radical (unpaired) electrons. The predicted octanol–water partition coefficient (Wildman–Crippen LogP) is 6.88. The molecule has 1 aromatic heterocycles. The number of hydrogen-bond donors (Lipinski definition) is 0. The van der Waals surface area contributed by atoms with Crippen molar-refractivity contribution < 1.29 is 4.74 Å². The van der Waals surface area contributed by atoms with Crippen molar-refractivity contribution in [1.82, 2.24) is 4.98 Å². The summed E-state index contributed by atoms with van der Waals surface area (Å²) in [6, 6.07) is 10.8. The zero-order valence-electron chi connectivity index (χ0n) is 19.6. The molecule has 1 aliphatic rings. The zero-order valence-corrected chi connectivity index (χ0v) is 22.3. The van der Waals surface area contributed by atoms with Crippen molar-refractivity contribution in [2.75, 3.05) is 18.6 Å². The van der Waals surface area contributed by atoms with Gasteiger partial charge in [0, 0.05) is 10.4 Å². The lowest BCUT2D eigenvalue weighted by Crippen LogP contribution is -2.30. The first-order chi connectivity index (χ1) is 15.8. The third-order valence-corrected chi connectivity index (χ3v) is 8.29. The molecule has 1 unspecified atom stereocenters. The van der Waals surface area contributed by atoms with Crippen LogP contribution in [0.2, 0.25) is 5.02 Å². The lowest BCUT2D eigenvalue weighted by atomic mass is 9.98. The number of nitrogens with zero attached hydrogens (tertiary/aromatic N) is 2. The smallest absolute Gasteiger partial charge is 0.187 e. The van der Waals surface area contributed by atoms with Crippen molar-refractivity contribution in [3.63, 3.8) is 0 Å². The van der Waals surface area contributed by atoms with Crippen LogP contribution in [0, 0.1) is 39.0 Å². The summed E-state index contributed by atoms with van der Waals surface area (Å²) >= 11 is 8.32. The SMILES string of the molecule is C#CCN(c1nc(-c2cc(C)c(OC)cc2Cl)c(C)s1)[C@@H](CC1CC1)c1ccc(C)c(P)c1. The maximum atomic E-state index is 6.64. The number of rotatable bonds is 8. The molecule has 0 aliphatic heterocycles. The predicted molar refractivity (Wildman–Crippen MR) is 145 cm³/mol. The number of aryl methyl sites for hydroxylation is 3. The number of halogens is 1. The van der Waals surface area contributed by atoms with E-state index >= 15 is 0 Å². The molecule has 1 fully saturated rings. The Morgan fingerprint density at radius 1 is 1.24 bits per heavy atom. The van der Waals surface area contributed by atoms with Crippen LogP contribution in [0.1, 0.15) is 46.9 Å². The molecule has 3 nitrogen and oxygen atoms in total. The fourth-order valence-corrected chi connectivity index (χ4v) is 5.71. The first kappa shape index (κ1) is 24.1. The van der Waals surface area contributed by atoms with Crippen LogP contribution in [0.25, 0.3) is 11.3 Å². The van der Waals surface area contributed by atoms with E-state index in [1.54, 1.807) is 18.4 Å². The van der Waals surface area contributed by atoms with E-state index in [2.05, 4.69) is 58.2 Å². The van der Waals surface area contributed by atoms with Gasteiger partial charge in [0.25, 0.3) is 0 Å². The molecule has 3 aromatic rings. The Hall–Kier alpha value is -2.05. The van der Waals surface area contributed by atoms with Gasteiger partial charge in [0.15, 0.2) is 5.13 Å². The summed E-state index contributed by atoms with van der Waals surface area (Å²) in [5.74, 6) is 4.42. The van der Waals surface area contributed by atoms with Crippen molar-refractivity contribution in [2.24, 2.45) is 5.92 Å². The van der Waals surface area contributed by atoms with Crippen LogP contribution in [-0.4, -0.2) is 18.6 Å². The Bertz CT molecular complexity index is 1210. The average Bonchev–Trinajstić information content (AvgIpc) is 3.53. The van der Waals surface area contributed by atoms with Crippen LogP contribution in [0.15, 0.2) is 30.3 Å². The monoisotopic (exact) mass is 496 g/mol. The number of thiazole rings is 1. The minimum absolute atomic E-state index is 0.194. The van der Waals surface area contributed by atoms with Crippen molar-refractivity contribution in [2.45, 2.75) is 46.1 Å². The van der Waals surface area contributed by atoms with Gasteiger partial charge in [-0.25, -0.2) is 4.98 Å². The largest absolute Gasteiger partial charge is 0.496 e. The Balaban J connectivity index is 1.76. The van der Waals surface area contributed by atoms with Gasteiger partial charge in [0.1, 0.15) is 5.75 Å². The first-order valence-corrected chi connectivity index (χ1v) is 13.0. The zero-order chi connectivity index (χ0) is 23.7. The highest BCUT2D eigenvalue weighted by Gasteiger charge is 2.32. The molecular formula is C27H30ClN2OPS. The second-order valence-electron chi connectivity index (χ2n) is 8.85. The maximum Gasteiger partial charge on any atom is 0.187 e. The van der Waals surface area contributed by atoms with E-state index in [0.717, 1.165) is 44.9 Å². The molecule has 1 saturated carbocycles. The van der Waals surface area contributed by atoms with E-state index in [0.29, 0.717) is 11.6 Å². The summed E-state index contributed by atoms with van der Waals surface area (Å²) < 4.78 is 5.43. The Morgan fingerprint density at radius 2 is 2.00 bits per heavy atom. The van der Waals surface area contributed by atoms with Crippen molar-refractivity contribution >= 4 is 42.6 Å². The number of benzene rings is 2. The Kier molecular flexibility index (Phi) is 7.34. The summed E-state index contributed by atoms with van der Waals surface area (Å²) in [6.07, 6.45) is 9.54. The van der Waals surface area contributed by atoms with E-state index in [1.807, 2.05) is 13.0 Å². The highest BCUT2D eigenvalue weighted by Crippen LogP contribution is 2.44. The highest BCUT2D eigenvalue weighted by atomic mass is 35.5. The maximum absolute atomic E-state index is 6.64. The van der Waals surface area contributed by atoms with Crippen molar-refractivity contribution in [3.05, 3.63) is 56.9 Å². The van der Waals surface area contributed by atoms with E-state index in [-0.39, 0.29) is 6.04 Å². The van der Waals surface area contributed by atoms with Crippen molar-refractivity contribution in [1.29, 1.82) is 0 Å². The minimum Gasteiger partial charge on any atom is -0.496 e. The van der Waals surface area contributed by atoms with E-state index < -0.39 is 0 Å².